The minimum Gasteiger partial charge on any atom is -0.395 e. The zero-order chi connectivity index (χ0) is 32.6. The zero-order valence-electron chi connectivity index (χ0n) is 26.7. The summed E-state index contributed by atoms with van der Waals surface area (Å²) >= 11 is 0. The first kappa shape index (κ1) is 32.1. The number of amides is 3. The lowest BCUT2D eigenvalue weighted by Crippen LogP contribution is -2.44. The van der Waals surface area contributed by atoms with Gasteiger partial charge in [-0.25, -0.2) is 0 Å². The van der Waals surface area contributed by atoms with Crippen LogP contribution in [0.15, 0.2) is 78.9 Å². The van der Waals surface area contributed by atoms with Gasteiger partial charge in [-0.3, -0.25) is 19.3 Å². The maximum Gasteiger partial charge on any atom is 0.268 e. The molecule has 0 aliphatic carbocycles. The molecule has 3 aromatic carbocycles. The summed E-state index contributed by atoms with van der Waals surface area (Å²) in [6, 6.07) is 24.4. The molecule has 0 aromatic heterocycles. The van der Waals surface area contributed by atoms with Crippen molar-refractivity contribution in [2.45, 2.75) is 69.5 Å². The fourth-order valence-electron chi connectivity index (χ4n) is 7.76. The second-order valence-corrected chi connectivity index (χ2v) is 17.0. The van der Waals surface area contributed by atoms with Crippen LogP contribution in [0.4, 0.5) is 21.2 Å². The first-order valence-corrected chi connectivity index (χ1v) is 19.2. The molecule has 3 aliphatic rings. The number of benzene rings is 3. The molecule has 10 heteroatoms. The van der Waals surface area contributed by atoms with Gasteiger partial charge >= 0.3 is 0 Å². The van der Waals surface area contributed by atoms with Crippen LogP contribution < -0.4 is 9.80 Å². The highest BCUT2D eigenvalue weighted by Gasteiger charge is 2.67. The van der Waals surface area contributed by atoms with Gasteiger partial charge in [-0.05, 0) is 61.8 Å². The molecule has 2 fully saturated rings. The van der Waals surface area contributed by atoms with Crippen molar-refractivity contribution in [3.05, 3.63) is 90.0 Å². The maximum atomic E-state index is 16.4. The number of piperidine rings is 1. The van der Waals surface area contributed by atoms with Gasteiger partial charge in [-0.2, -0.15) is 0 Å². The number of carbonyl (C=O) groups excluding carboxylic acids is 3. The van der Waals surface area contributed by atoms with Gasteiger partial charge in [0.2, 0.25) is 20.2 Å². The molecule has 0 unspecified atom stereocenters. The Morgan fingerprint density at radius 1 is 1.02 bits per heavy atom. The van der Waals surface area contributed by atoms with Crippen molar-refractivity contribution in [2.24, 2.45) is 5.92 Å². The van der Waals surface area contributed by atoms with Gasteiger partial charge in [0.05, 0.1) is 24.8 Å². The van der Waals surface area contributed by atoms with Crippen molar-refractivity contribution in [3.8, 4) is 0 Å². The summed E-state index contributed by atoms with van der Waals surface area (Å²) in [7, 11) is -3.53. The van der Waals surface area contributed by atoms with Gasteiger partial charge < -0.3 is 23.8 Å². The minimum atomic E-state index is -3.53. The Labute approximate surface area is 270 Å². The van der Waals surface area contributed by atoms with Crippen LogP contribution in [0.25, 0.3) is 0 Å². The summed E-state index contributed by atoms with van der Waals surface area (Å²) in [6.07, 6.45) is 1.21. The third-order valence-electron chi connectivity index (χ3n) is 9.82. The second kappa shape index (κ2) is 12.7. The summed E-state index contributed by atoms with van der Waals surface area (Å²) < 4.78 is 23.3. The number of fused-ring (bicyclic) bond motifs is 2. The van der Waals surface area contributed by atoms with Crippen LogP contribution in [0.2, 0.25) is 18.6 Å². The van der Waals surface area contributed by atoms with E-state index in [1.807, 2.05) is 85.8 Å². The first-order valence-electron chi connectivity index (χ1n) is 16.2. The summed E-state index contributed by atoms with van der Waals surface area (Å²) in [5, 5.41) is 9.79. The van der Waals surface area contributed by atoms with E-state index in [2.05, 4.69) is 0 Å². The van der Waals surface area contributed by atoms with E-state index in [4.69, 9.17) is 4.74 Å². The van der Waals surface area contributed by atoms with Crippen molar-refractivity contribution in [1.29, 1.82) is 0 Å². The highest BCUT2D eigenvalue weighted by atomic mass is 28.4. The number of hydrogen-bond donors (Lipinski definition) is 1. The van der Waals surface area contributed by atoms with E-state index in [1.165, 1.54) is 0 Å². The number of rotatable bonds is 9. The van der Waals surface area contributed by atoms with Gasteiger partial charge in [0.15, 0.2) is 5.60 Å². The lowest BCUT2D eigenvalue weighted by molar-refractivity contribution is -0.149. The van der Waals surface area contributed by atoms with Crippen molar-refractivity contribution in [2.75, 3.05) is 29.5 Å². The van der Waals surface area contributed by atoms with Crippen LogP contribution in [-0.2, 0) is 31.3 Å². The molecule has 3 aromatic rings. The molecule has 4 atom stereocenters. The average Bonchev–Trinajstić information content (AvgIpc) is 3.47. The number of nitrogens with zero attached hydrogens (tertiary/aromatic N) is 3. The van der Waals surface area contributed by atoms with Gasteiger partial charge in [0, 0.05) is 54.5 Å². The average molecular weight is 644 g/mol. The molecule has 1 spiro atoms. The molecule has 1 N–H and O–H groups in total. The number of para-hydroxylation sites is 1. The predicted octanol–water partition coefficient (Wildman–Crippen LogP) is 6.07. The third-order valence-corrected chi connectivity index (χ3v) is 12.3. The molecule has 8 nitrogen and oxygen atoms in total. The number of halogens is 1. The number of aliphatic hydroxyl groups excluding tert-OH is 1. The van der Waals surface area contributed by atoms with Gasteiger partial charge in [-0.1, -0.05) is 55.5 Å². The standard InChI is InChI=1S/C36H42FN3O5Si/c1-25-34(46(2,3)37)31(23-33(43)38(20-21-41)24-26-12-6-4-7-13-26)45-36(25)29-22-28(39-19-11-10-16-32(39)42)17-18-30(29)40(35(36)44)27-14-8-5-9-15-27/h4-9,12-15,17-18,22,25,31,34,41H,10-11,16,19-21,23-24H2,1-3H3/t25-,31+,34-,36+/m1/s1. The lowest BCUT2D eigenvalue weighted by atomic mass is 9.82. The molecular formula is C36H42FN3O5Si. The summed E-state index contributed by atoms with van der Waals surface area (Å²) in [5.41, 5.74) is 1.27. The van der Waals surface area contributed by atoms with Crippen molar-refractivity contribution in [3.63, 3.8) is 0 Å². The molecule has 3 heterocycles. The quantitative estimate of drug-likeness (QED) is 0.226. The Morgan fingerprint density at radius 3 is 2.37 bits per heavy atom. The van der Waals surface area contributed by atoms with Crippen LogP contribution in [-0.4, -0.2) is 61.9 Å². The van der Waals surface area contributed by atoms with Gasteiger partial charge in [0.25, 0.3) is 5.91 Å². The number of ether oxygens (including phenoxy) is 1. The van der Waals surface area contributed by atoms with Crippen LogP contribution in [0.5, 0.6) is 0 Å². The number of anilines is 3. The van der Waals surface area contributed by atoms with Crippen molar-refractivity contribution >= 4 is 43.2 Å². The highest BCUT2D eigenvalue weighted by molar-refractivity contribution is 6.72. The molecule has 242 valence electrons. The van der Waals surface area contributed by atoms with E-state index in [1.54, 1.807) is 27.8 Å². The molecular weight excluding hydrogens is 601 g/mol. The number of carbonyl (C=O) groups is 3. The van der Waals surface area contributed by atoms with E-state index in [-0.39, 0.29) is 37.3 Å². The third kappa shape index (κ3) is 5.67. The molecule has 6 rings (SSSR count). The Kier molecular flexibility index (Phi) is 8.88. The fourth-order valence-corrected chi connectivity index (χ4v) is 10.3. The summed E-state index contributed by atoms with van der Waals surface area (Å²) in [5.74, 6) is -1.15. The monoisotopic (exact) mass is 643 g/mol. The topological polar surface area (TPSA) is 90.4 Å². The molecule has 3 aliphatic heterocycles. The molecule has 3 amide bonds. The molecule has 2 saturated heterocycles. The van der Waals surface area contributed by atoms with Crippen LogP contribution in [0.3, 0.4) is 0 Å². The lowest BCUT2D eigenvalue weighted by Gasteiger charge is -2.32. The molecule has 46 heavy (non-hydrogen) atoms. The van der Waals surface area contributed by atoms with E-state index in [0.29, 0.717) is 42.1 Å². The first-order chi connectivity index (χ1) is 22.1. The molecule has 0 saturated carbocycles. The molecule has 0 radical (unpaired) electrons. The Bertz CT molecular complexity index is 1600. The van der Waals surface area contributed by atoms with Gasteiger partial charge in [-0.15, -0.1) is 0 Å². The molecule has 0 bridgehead atoms. The van der Waals surface area contributed by atoms with Crippen molar-refractivity contribution < 1.29 is 28.3 Å². The largest absolute Gasteiger partial charge is 0.395 e. The van der Waals surface area contributed by atoms with Gasteiger partial charge in [0.1, 0.15) is 0 Å². The van der Waals surface area contributed by atoms with Crippen LogP contribution >= 0.6 is 0 Å². The predicted molar refractivity (Wildman–Crippen MR) is 178 cm³/mol. The Hall–Kier alpha value is -3.86. The highest BCUT2D eigenvalue weighted by Crippen LogP contribution is 2.61. The SMILES string of the molecule is C[C@@H]1[C@@H]([Si](C)(C)F)[C@H](CC(=O)N(CCO)Cc2ccccc2)O[C@@]12C(=O)N(c1ccccc1)c1ccc(N3CCCCC3=O)cc12. The van der Waals surface area contributed by atoms with E-state index in [9.17, 15) is 19.5 Å². The normalized spacial score (nSPS) is 24.5. The number of aliphatic hydroxyl groups is 1. The second-order valence-electron chi connectivity index (χ2n) is 13.2. The maximum absolute atomic E-state index is 16.4. The Morgan fingerprint density at radius 2 is 1.72 bits per heavy atom. The minimum absolute atomic E-state index is 0.0333. The fraction of sp³-hybridized carbons (Fsp3) is 0.417. The smallest absolute Gasteiger partial charge is 0.268 e. The van der Waals surface area contributed by atoms with Crippen molar-refractivity contribution in [1.82, 2.24) is 4.90 Å². The zero-order valence-corrected chi connectivity index (χ0v) is 27.7. The van der Waals surface area contributed by atoms with Crippen LogP contribution in [0, 0.1) is 5.92 Å². The summed E-state index contributed by atoms with van der Waals surface area (Å²) in [4.78, 5) is 46.6. The van der Waals surface area contributed by atoms with Crippen LogP contribution in [0.1, 0.15) is 43.7 Å². The van der Waals surface area contributed by atoms with E-state index < -0.39 is 31.6 Å². The van der Waals surface area contributed by atoms with E-state index in [0.717, 1.165) is 18.4 Å². The van der Waals surface area contributed by atoms with E-state index >= 15 is 4.11 Å². The number of hydrogen-bond acceptors (Lipinski definition) is 5. The summed E-state index contributed by atoms with van der Waals surface area (Å²) in [6.45, 7) is 5.89. The Balaban J connectivity index is 1.42.